The molecular weight excluding hydrogens is 252 g/mol. The molecule has 2 atom stereocenters. The standard InChI is InChI=1S/C15H30N4O/c1-17-8-9-20-15(11-17)12-18-5-4-14(10-18)19-6-2-13(16)3-7-19/h13-15H,2-12,16H2,1H3. The van der Waals surface area contributed by atoms with E-state index in [1.54, 1.807) is 0 Å². The molecule has 0 aliphatic carbocycles. The van der Waals surface area contributed by atoms with E-state index in [0.29, 0.717) is 12.1 Å². The van der Waals surface area contributed by atoms with Crippen LogP contribution < -0.4 is 5.73 Å². The third-order valence-corrected chi connectivity index (χ3v) is 5.14. The molecule has 20 heavy (non-hydrogen) atoms. The number of hydrogen-bond acceptors (Lipinski definition) is 5. The molecule has 116 valence electrons. The lowest BCUT2D eigenvalue weighted by atomic mass is 10.0. The van der Waals surface area contributed by atoms with Crippen molar-refractivity contribution in [2.75, 3.05) is 59.5 Å². The van der Waals surface area contributed by atoms with E-state index in [9.17, 15) is 0 Å². The summed E-state index contributed by atoms with van der Waals surface area (Å²) in [6.45, 7) is 9.00. The second-order valence-electron chi connectivity index (χ2n) is 6.83. The molecule has 3 aliphatic rings. The topological polar surface area (TPSA) is 45.0 Å². The average molecular weight is 282 g/mol. The van der Waals surface area contributed by atoms with Gasteiger partial charge in [0.25, 0.3) is 0 Å². The molecule has 3 rings (SSSR count). The van der Waals surface area contributed by atoms with Crippen molar-refractivity contribution in [3.8, 4) is 0 Å². The number of likely N-dealkylation sites (N-methyl/N-ethyl adjacent to an activating group) is 1. The van der Waals surface area contributed by atoms with Crippen molar-refractivity contribution in [1.82, 2.24) is 14.7 Å². The fourth-order valence-corrected chi connectivity index (χ4v) is 3.83. The summed E-state index contributed by atoms with van der Waals surface area (Å²) in [7, 11) is 2.19. The number of rotatable bonds is 3. The Labute approximate surface area is 123 Å². The molecule has 0 aromatic carbocycles. The molecule has 0 saturated carbocycles. The highest BCUT2D eigenvalue weighted by Gasteiger charge is 2.31. The van der Waals surface area contributed by atoms with Crippen LogP contribution in [0.5, 0.6) is 0 Å². The number of piperidine rings is 1. The Morgan fingerprint density at radius 3 is 2.60 bits per heavy atom. The summed E-state index contributed by atoms with van der Waals surface area (Å²) in [6, 6.07) is 1.19. The summed E-state index contributed by atoms with van der Waals surface area (Å²) < 4.78 is 5.89. The van der Waals surface area contributed by atoms with Crippen LogP contribution in [0.1, 0.15) is 19.3 Å². The number of nitrogens with zero attached hydrogens (tertiary/aromatic N) is 3. The SMILES string of the molecule is CN1CCOC(CN2CCC(N3CCC(N)CC3)C2)C1. The van der Waals surface area contributed by atoms with Gasteiger partial charge in [0.05, 0.1) is 12.7 Å². The molecule has 0 bridgehead atoms. The van der Waals surface area contributed by atoms with Gasteiger partial charge in [-0.1, -0.05) is 0 Å². The smallest absolute Gasteiger partial charge is 0.0829 e. The maximum atomic E-state index is 6.00. The maximum absolute atomic E-state index is 6.00. The van der Waals surface area contributed by atoms with Gasteiger partial charge in [-0.2, -0.15) is 0 Å². The number of hydrogen-bond donors (Lipinski definition) is 1. The van der Waals surface area contributed by atoms with Gasteiger partial charge < -0.3 is 15.4 Å². The number of nitrogens with two attached hydrogens (primary N) is 1. The second kappa shape index (κ2) is 6.71. The van der Waals surface area contributed by atoms with Gasteiger partial charge in [-0.3, -0.25) is 9.80 Å². The zero-order valence-corrected chi connectivity index (χ0v) is 12.8. The van der Waals surface area contributed by atoms with Crippen LogP contribution in [0.2, 0.25) is 0 Å². The lowest BCUT2D eigenvalue weighted by Crippen LogP contribution is -2.48. The van der Waals surface area contributed by atoms with E-state index < -0.39 is 0 Å². The van der Waals surface area contributed by atoms with Crippen molar-refractivity contribution in [1.29, 1.82) is 0 Å². The molecule has 2 N–H and O–H groups in total. The summed E-state index contributed by atoms with van der Waals surface area (Å²) >= 11 is 0. The highest BCUT2D eigenvalue weighted by atomic mass is 16.5. The molecule has 0 amide bonds. The van der Waals surface area contributed by atoms with Crippen molar-refractivity contribution in [2.24, 2.45) is 5.73 Å². The predicted molar refractivity (Wildman–Crippen MR) is 80.9 cm³/mol. The molecule has 3 fully saturated rings. The summed E-state index contributed by atoms with van der Waals surface area (Å²) in [6.07, 6.45) is 4.07. The van der Waals surface area contributed by atoms with Crippen LogP contribution in [0, 0.1) is 0 Å². The van der Waals surface area contributed by atoms with Gasteiger partial charge in [-0.15, -0.1) is 0 Å². The number of morpholine rings is 1. The zero-order valence-electron chi connectivity index (χ0n) is 12.8. The molecule has 0 aromatic rings. The lowest BCUT2D eigenvalue weighted by Gasteiger charge is -2.35. The minimum absolute atomic E-state index is 0.405. The largest absolute Gasteiger partial charge is 0.374 e. The summed E-state index contributed by atoms with van der Waals surface area (Å²) in [5.74, 6) is 0. The molecule has 0 radical (unpaired) electrons. The van der Waals surface area contributed by atoms with Crippen LogP contribution in [-0.2, 0) is 4.74 Å². The third-order valence-electron chi connectivity index (χ3n) is 5.14. The normalized spacial score (nSPS) is 35.7. The Kier molecular flexibility index (Phi) is 4.94. The van der Waals surface area contributed by atoms with Crippen LogP contribution in [0.15, 0.2) is 0 Å². The average Bonchev–Trinajstić information content (AvgIpc) is 2.88. The predicted octanol–water partition coefficient (Wildman–Crippen LogP) is -0.186. The first-order valence-corrected chi connectivity index (χ1v) is 8.23. The van der Waals surface area contributed by atoms with E-state index in [1.807, 2.05) is 0 Å². The van der Waals surface area contributed by atoms with Crippen molar-refractivity contribution < 1.29 is 4.74 Å². The quantitative estimate of drug-likeness (QED) is 0.778. The van der Waals surface area contributed by atoms with E-state index in [4.69, 9.17) is 10.5 Å². The van der Waals surface area contributed by atoms with Crippen molar-refractivity contribution in [3.05, 3.63) is 0 Å². The van der Waals surface area contributed by atoms with Gasteiger partial charge in [0.15, 0.2) is 0 Å². The zero-order chi connectivity index (χ0) is 13.9. The lowest BCUT2D eigenvalue weighted by molar-refractivity contribution is -0.0335. The highest BCUT2D eigenvalue weighted by molar-refractivity contribution is 4.88. The molecule has 3 aliphatic heterocycles. The van der Waals surface area contributed by atoms with Crippen LogP contribution in [0.4, 0.5) is 0 Å². The molecule has 3 saturated heterocycles. The Balaban J connectivity index is 1.42. The van der Waals surface area contributed by atoms with Crippen LogP contribution in [-0.4, -0.2) is 92.4 Å². The minimum Gasteiger partial charge on any atom is -0.374 e. The number of ether oxygens (including phenoxy) is 1. The molecule has 0 spiro atoms. The van der Waals surface area contributed by atoms with E-state index >= 15 is 0 Å². The molecular formula is C15H30N4O. The number of likely N-dealkylation sites (tertiary alicyclic amines) is 2. The van der Waals surface area contributed by atoms with Gasteiger partial charge in [0, 0.05) is 38.3 Å². The van der Waals surface area contributed by atoms with E-state index in [-0.39, 0.29) is 0 Å². The molecule has 3 heterocycles. The molecule has 5 heteroatoms. The highest BCUT2D eigenvalue weighted by Crippen LogP contribution is 2.20. The first-order chi connectivity index (χ1) is 9.70. The fraction of sp³-hybridized carbons (Fsp3) is 1.00. The van der Waals surface area contributed by atoms with Crippen LogP contribution in [0.25, 0.3) is 0 Å². The Hall–Kier alpha value is -0.200. The fourth-order valence-electron chi connectivity index (χ4n) is 3.83. The van der Waals surface area contributed by atoms with Gasteiger partial charge in [-0.25, -0.2) is 0 Å². The Morgan fingerprint density at radius 1 is 1.05 bits per heavy atom. The van der Waals surface area contributed by atoms with E-state index in [1.165, 1.54) is 45.4 Å². The summed E-state index contributed by atoms with van der Waals surface area (Å²) in [4.78, 5) is 7.65. The van der Waals surface area contributed by atoms with Crippen molar-refractivity contribution in [3.63, 3.8) is 0 Å². The summed E-state index contributed by atoms with van der Waals surface area (Å²) in [5, 5.41) is 0. The van der Waals surface area contributed by atoms with Crippen LogP contribution >= 0.6 is 0 Å². The van der Waals surface area contributed by atoms with Crippen LogP contribution in [0.3, 0.4) is 0 Å². The van der Waals surface area contributed by atoms with E-state index in [0.717, 1.165) is 32.3 Å². The first-order valence-electron chi connectivity index (χ1n) is 8.23. The third kappa shape index (κ3) is 3.71. The first kappa shape index (κ1) is 14.7. The van der Waals surface area contributed by atoms with Crippen molar-refractivity contribution in [2.45, 2.75) is 37.5 Å². The van der Waals surface area contributed by atoms with E-state index in [2.05, 4.69) is 21.7 Å². The monoisotopic (exact) mass is 282 g/mol. The summed E-state index contributed by atoms with van der Waals surface area (Å²) in [5.41, 5.74) is 6.00. The molecule has 2 unspecified atom stereocenters. The van der Waals surface area contributed by atoms with Crippen molar-refractivity contribution >= 4 is 0 Å². The molecule has 0 aromatic heterocycles. The maximum Gasteiger partial charge on any atom is 0.0829 e. The van der Waals surface area contributed by atoms with Gasteiger partial charge in [0.2, 0.25) is 0 Å². The molecule has 5 nitrogen and oxygen atoms in total. The second-order valence-corrected chi connectivity index (χ2v) is 6.83. The minimum atomic E-state index is 0.405. The van der Waals surface area contributed by atoms with Gasteiger partial charge in [0.1, 0.15) is 0 Å². The Morgan fingerprint density at radius 2 is 1.85 bits per heavy atom. The van der Waals surface area contributed by atoms with Gasteiger partial charge >= 0.3 is 0 Å². The van der Waals surface area contributed by atoms with Gasteiger partial charge in [-0.05, 0) is 45.9 Å². The Bertz CT molecular complexity index is 306.